The van der Waals surface area contributed by atoms with Gasteiger partial charge in [0, 0.05) is 30.1 Å². The number of hydrogen-bond donors (Lipinski definition) is 0. The molecule has 0 unspecified atom stereocenters. The van der Waals surface area contributed by atoms with Crippen LogP contribution in [-0.2, 0) is 16.0 Å². The summed E-state index contributed by atoms with van der Waals surface area (Å²) in [5, 5.41) is 2.05. The largest absolute Gasteiger partial charge is 0.491 e. The lowest BCUT2D eigenvalue weighted by molar-refractivity contribution is -0.135. The van der Waals surface area contributed by atoms with E-state index in [0.29, 0.717) is 26.3 Å². The highest BCUT2D eigenvalue weighted by Gasteiger charge is 2.34. The molecule has 3 aromatic rings. The van der Waals surface area contributed by atoms with E-state index in [4.69, 9.17) is 9.47 Å². The second kappa shape index (κ2) is 11.2. The summed E-state index contributed by atoms with van der Waals surface area (Å²) in [6.07, 6.45) is 2.39. The molecule has 0 saturated carbocycles. The van der Waals surface area contributed by atoms with Gasteiger partial charge in [-0.2, -0.15) is 0 Å². The Morgan fingerprint density at radius 1 is 1.14 bits per heavy atom. The van der Waals surface area contributed by atoms with E-state index in [-0.39, 0.29) is 36.1 Å². The number of para-hydroxylation sites is 1. The Hall–Kier alpha value is -3.23. The third-order valence-corrected chi connectivity index (χ3v) is 7.70. The topological polar surface area (TPSA) is 59.1 Å². The molecule has 0 bridgehead atoms. The fourth-order valence-corrected chi connectivity index (χ4v) is 5.81. The number of hydrogen-bond acceptors (Lipinski definition) is 5. The van der Waals surface area contributed by atoms with Gasteiger partial charge in [-0.25, -0.2) is 4.39 Å². The van der Waals surface area contributed by atoms with Gasteiger partial charge in [-0.15, -0.1) is 11.3 Å². The predicted octanol–water partition coefficient (Wildman–Crippen LogP) is 4.71. The molecule has 2 amide bonds. The Morgan fingerprint density at radius 2 is 2.00 bits per heavy atom. The zero-order chi connectivity index (χ0) is 24.9. The van der Waals surface area contributed by atoms with Gasteiger partial charge in [0.25, 0.3) is 5.91 Å². The van der Waals surface area contributed by atoms with Crippen LogP contribution >= 0.6 is 11.3 Å². The number of carbonyl (C=O) groups is 2. The maximum atomic E-state index is 13.9. The monoisotopic (exact) mass is 508 g/mol. The lowest BCUT2D eigenvalue weighted by Crippen LogP contribution is -2.49. The first-order valence-corrected chi connectivity index (χ1v) is 13.2. The lowest BCUT2D eigenvalue weighted by Gasteiger charge is -2.37. The highest BCUT2D eigenvalue weighted by atomic mass is 32.1. The van der Waals surface area contributed by atoms with Crippen LogP contribution in [0.1, 0.15) is 39.7 Å². The Balaban J connectivity index is 1.35. The molecule has 1 saturated heterocycles. The molecule has 2 aliphatic heterocycles. The van der Waals surface area contributed by atoms with Crippen molar-refractivity contribution in [2.75, 3.05) is 32.8 Å². The van der Waals surface area contributed by atoms with Crippen molar-refractivity contribution in [3.05, 3.63) is 87.9 Å². The standard InChI is InChI=1S/C28H29FN2O4S/c29-21-7-4-6-20(16-21)28(33)30(17-23-10-5-14-34-23)18-27(32)31-13-11-26-24(12-15-36-26)25(31)19-35-22-8-2-1-3-9-22/h1-4,6-9,12,15-16,23,25H,5,10-11,13-14,17-19H2/t23-,25+/m1/s1. The number of ether oxygens (including phenoxy) is 2. The molecule has 36 heavy (non-hydrogen) atoms. The molecular formula is C28H29FN2O4S. The highest BCUT2D eigenvalue weighted by Crippen LogP contribution is 2.34. The number of carbonyl (C=O) groups excluding carboxylic acids is 2. The summed E-state index contributed by atoms with van der Waals surface area (Å²) in [4.78, 5) is 31.6. The fraction of sp³-hybridized carbons (Fsp3) is 0.357. The van der Waals surface area contributed by atoms with Gasteiger partial charge in [-0.05, 0) is 66.6 Å². The first-order chi connectivity index (χ1) is 17.6. The first kappa shape index (κ1) is 24.5. The van der Waals surface area contributed by atoms with Gasteiger partial charge in [-0.1, -0.05) is 24.3 Å². The third-order valence-electron chi connectivity index (χ3n) is 6.70. The quantitative estimate of drug-likeness (QED) is 0.442. The van der Waals surface area contributed by atoms with Crippen LogP contribution in [0.3, 0.4) is 0 Å². The maximum absolute atomic E-state index is 13.9. The Bertz CT molecular complexity index is 1200. The molecule has 8 heteroatoms. The van der Waals surface area contributed by atoms with Gasteiger partial charge in [0.15, 0.2) is 0 Å². The van der Waals surface area contributed by atoms with E-state index in [9.17, 15) is 14.0 Å². The zero-order valence-electron chi connectivity index (χ0n) is 20.0. The molecule has 1 fully saturated rings. The van der Waals surface area contributed by atoms with Gasteiger partial charge in [-0.3, -0.25) is 9.59 Å². The smallest absolute Gasteiger partial charge is 0.254 e. The normalized spacial score (nSPS) is 19.1. The summed E-state index contributed by atoms with van der Waals surface area (Å²) < 4.78 is 25.7. The van der Waals surface area contributed by atoms with Crippen molar-refractivity contribution in [1.29, 1.82) is 0 Å². The number of thiophene rings is 1. The zero-order valence-corrected chi connectivity index (χ0v) is 20.8. The summed E-state index contributed by atoms with van der Waals surface area (Å²) in [7, 11) is 0. The summed E-state index contributed by atoms with van der Waals surface area (Å²) in [5.41, 5.74) is 1.32. The predicted molar refractivity (Wildman–Crippen MR) is 136 cm³/mol. The van der Waals surface area contributed by atoms with E-state index in [1.807, 2.05) is 40.6 Å². The molecular weight excluding hydrogens is 479 g/mol. The van der Waals surface area contributed by atoms with Crippen LogP contribution < -0.4 is 4.74 Å². The van der Waals surface area contributed by atoms with E-state index in [0.717, 1.165) is 30.6 Å². The van der Waals surface area contributed by atoms with Gasteiger partial charge < -0.3 is 19.3 Å². The van der Waals surface area contributed by atoms with Crippen molar-refractivity contribution in [3.63, 3.8) is 0 Å². The minimum Gasteiger partial charge on any atom is -0.491 e. The Kier molecular flexibility index (Phi) is 7.63. The van der Waals surface area contributed by atoms with Crippen molar-refractivity contribution >= 4 is 23.2 Å². The maximum Gasteiger partial charge on any atom is 0.254 e. The first-order valence-electron chi connectivity index (χ1n) is 12.3. The summed E-state index contributed by atoms with van der Waals surface area (Å²) in [6.45, 7) is 1.72. The summed E-state index contributed by atoms with van der Waals surface area (Å²) in [6, 6.07) is 16.9. The number of amides is 2. The SMILES string of the molecule is O=C(c1cccc(F)c1)N(CC(=O)N1CCc2sccc2[C@@H]1COc1ccccc1)C[C@H]1CCCO1. The Morgan fingerprint density at radius 3 is 2.78 bits per heavy atom. The number of fused-ring (bicyclic) bond motifs is 1. The molecule has 2 aromatic carbocycles. The molecule has 1 aromatic heterocycles. The van der Waals surface area contributed by atoms with E-state index in [1.54, 1.807) is 17.4 Å². The lowest BCUT2D eigenvalue weighted by atomic mass is 10.00. The number of benzene rings is 2. The number of nitrogens with zero attached hydrogens (tertiary/aromatic N) is 2. The van der Waals surface area contributed by atoms with Crippen molar-refractivity contribution in [1.82, 2.24) is 9.80 Å². The molecule has 5 rings (SSSR count). The van der Waals surface area contributed by atoms with Crippen LogP contribution in [0.15, 0.2) is 66.0 Å². The van der Waals surface area contributed by atoms with Crippen LogP contribution in [0.2, 0.25) is 0 Å². The molecule has 0 radical (unpaired) electrons. The van der Waals surface area contributed by atoms with Crippen molar-refractivity contribution in [3.8, 4) is 5.75 Å². The van der Waals surface area contributed by atoms with Crippen LogP contribution in [0.25, 0.3) is 0 Å². The van der Waals surface area contributed by atoms with Crippen molar-refractivity contribution in [2.45, 2.75) is 31.4 Å². The van der Waals surface area contributed by atoms with Crippen molar-refractivity contribution in [2.24, 2.45) is 0 Å². The highest BCUT2D eigenvalue weighted by molar-refractivity contribution is 7.10. The van der Waals surface area contributed by atoms with E-state index >= 15 is 0 Å². The second-order valence-electron chi connectivity index (χ2n) is 9.11. The number of halogens is 1. The number of rotatable bonds is 8. The Labute approximate surface area is 214 Å². The molecule has 0 spiro atoms. The van der Waals surface area contributed by atoms with E-state index < -0.39 is 5.82 Å². The van der Waals surface area contributed by atoms with Crippen LogP contribution in [0, 0.1) is 5.82 Å². The van der Waals surface area contributed by atoms with Gasteiger partial charge in [0.1, 0.15) is 24.7 Å². The molecule has 0 N–H and O–H groups in total. The average Bonchev–Trinajstić information content (AvgIpc) is 3.59. The average molecular weight is 509 g/mol. The summed E-state index contributed by atoms with van der Waals surface area (Å²) in [5.74, 6) is -0.267. The minimum atomic E-state index is -0.483. The van der Waals surface area contributed by atoms with Gasteiger partial charge in [0.2, 0.25) is 5.91 Å². The molecule has 188 valence electrons. The van der Waals surface area contributed by atoms with Crippen molar-refractivity contribution < 1.29 is 23.5 Å². The molecule has 0 aliphatic carbocycles. The van der Waals surface area contributed by atoms with Gasteiger partial charge in [0.05, 0.1) is 12.1 Å². The van der Waals surface area contributed by atoms with Crippen LogP contribution in [-0.4, -0.2) is 60.6 Å². The second-order valence-corrected chi connectivity index (χ2v) is 10.1. The van der Waals surface area contributed by atoms with E-state index in [1.165, 1.54) is 28.0 Å². The van der Waals surface area contributed by atoms with E-state index in [2.05, 4.69) is 6.07 Å². The molecule has 2 atom stereocenters. The molecule has 2 aliphatic rings. The summed E-state index contributed by atoms with van der Waals surface area (Å²) >= 11 is 1.69. The third kappa shape index (κ3) is 5.60. The fourth-order valence-electron chi connectivity index (χ4n) is 4.88. The molecule has 3 heterocycles. The van der Waals surface area contributed by atoms with Crippen LogP contribution in [0.4, 0.5) is 4.39 Å². The molecule has 6 nitrogen and oxygen atoms in total. The minimum absolute atomic E-state index is 0.101. The van der Waals surface area contributed by atoms with Gasteiger partial charge >= 0.3 is 0 Å². The van der Waals surface area contributed by atoms with Crippen LogP contribution in [0.5, 0.6) is 5.75 Å².